The lowest BCUT2D eigenvalue weighted by atomic mass is 10.2. The summed E-state index contributed by atoms with van der Waals surface area (Å²) in [6, 6.07) is 9.97. The van der Waals surface area contributed by atoms with E-state index in [1.54, 1.807) is 7.05 Å². The predicted molar refractivity (Wildman–Crippen MR) is 75.5 cm³/mol. The van der Waals surface area contributed by atoms with Crippen LogP contribution in [-0.4, -0.2) is 13.0 Å². The number of carbonyl (C=O) groups excluding carboxylic acids is 1. The third-order valence-corrected chi connectivity index (χ3v) is 3.25. The van der Waals surface area contributed by atoms with Gasteiger partial charge < -0.3 is 5.32 Å². The Hall–Kier alpha value is -1.48. The van der Waals surface area contributed by atoms with Crippen LogP contribution < -0.4 is 5.32 Å². The summed E-state index contributed by atoms with van der Waals surface area (Å²) in [5.41, 5.74) is 1.10. The molecule has 0 aliphatic heterocycles. The molecular weight excluding hydrogens is 230 g/mol. The molecule has 0 heterocycles. The molecule has 90 valence electrons. The molecule has 0 saturated heterocycles. The molecule has 3 heteroatoms. The van der Waals surface area contributed by atoms with Gasteiger partial charge in [0.2, 0.25) is 5.91 Å². The highest BCUT2D eigenvalue weighted by Crippen LogP contribution is 2.32. The van der Waals surface area contributed by atoms with E-state index >= 15 is 0 Å². The smallest absolute Gasteiger partial charge is 0.220 e. The van der Waals surface area contributed by atoms with Crippen LogP contribution in [0.5, 0.6) is 0 Å². The van der Waals surface area contributed by atoms with Gasteiger partial charge in [0, 0.05) is 18.4 Å². The fraction of sp³-hybridized carbons (Fsp3) is 0.214. The van der Waals surface area contributed by atoms with E-state index in [-0.39, 0.29) is 5.91 Å². The summed E-state index contributed by atoms with van der Waals surface area (Å²) in [6.45, 7) is 7.96. The van der Waals surface area contributed by atoms with E-state index in [0.717, 1.165) is 15.4 Å². The Balaban J connectivity index is 2.42. The number of thioether (sulfide) groups is 1. The van der Waals surface area contributed by atoms with Crippen LogP contribution in [0.15, 0.2) is 48.4 Å². The molecule has 1 amide bonds. The van der Waals surface area contributed by atoms with Crippen molar-refractivity contribution in [1.82, 2.24) is 5.32 Å². The van der Waals surface area contributed by atoms with Gasteiger partial charge in [0.1, 0.15) is 0 Å². The number of hydrogen-bond donors (Lipinski definition) is 1. The summed E-state index contributed by atoms with van der Waals surface area (Å²) in [5.74, 6) is 0.0390. The van der Waals surface area contributed by atoms with E-state index in [2.05, 4.69) is 18.5 Å². The normalized spacial score (nSPS) is 9.71. The first-order chi connectivity index (χ1) is 8.13. The average molecular weight is 247 g/mol. The molecule has 0 unspecified atom stereocenters. The molecule has 1 N–H and O–H groups in total. The Labute approximate surface area is 107 Å². The molecule has 17 heavy (non-hydrogen) atoms. The maximum Gasteiger partial charge on any atom is 0.220 e. The molecule has 0 bridgehead atoms. The third kappa shape index (κ3) is 4.91. The van der Waals surface area contributed by atoms with Crippen molar-refractivity contribution in [2.24, 2.45) is 0 Å². The largest absolute Gasteiger partial charge is 0.359 e. The number of nitrogens with one attached hydrogen (secondary N) is 1. The van der Waals surface area contributed by atoms with Crippen molar-refractivity contribution in [3.8, 4) is 0 Å². The summed E-state index contributed by atoms with van der Waals surface area (Å²) < 4.78 is 0. The molecule has 0 atom stereocenters. The number of carbonyl (C=O) groups is 1. The number of allylic oxidation sites excluding steroid dienone is 1. The topological polar surface area (TPSA) is 29.1 Å². The molecule has 0 saturated carbocycles. The van der Waals surface area contributed by atoms with Crippen LogP contribution in [0.4, 0.5) is 0 Å². The SMILES string of the molecule is C=C(CCC(=O)NC)SC(=C)c1ccccc1. The molecule has 1 aromatic rings. The molecule has 0 aliphatic carbocycles. The monoisotopic (exact) mass is 247 g/mol. The molecule has 1 rings (SSSR count). The minimum Gasteiger partial charge on any atom is -0.359 e. The van der Waals surface area contributed by atoms with E-state index in [1.165, 1.54) is 11.8 Å². The fourth-order valence-electron chi connectivity index (χ4n) is 1.29. The number of benzene rings is 1. The highest BCUT2D eigenvalue weighted by atomic mass is 32.2. The van der Waals surface area contributed by atoms with Crippen LogP contribution in [0.2, 0.25) is 0 Å². The van der Waals surface area contributed by atoms with E-state index in [1.807, 2.05) is 30.3 Å². The van der Waals surface area contributed by atoms with Crippen molar-refractivity contribution in [3.63, 3.8) is 0 Å². The minimum absolute atomic E-state index is 0.0390. The zero-order chi connectivity index (χ0) is 12.7. The molecule has 0 aromatic heterocycles. The van der Waals surface area contributed by atoms with Crippen LogP contribution in [0.25, 0.3) is 4.91 Å². The van der Waals surface area contributed by atoms with Gasteiger partial charge in [0.25, 0.3) is 0 Å². The van der Waals surface area contributed by atoms with Crippen LogP contribution >= 0.6 is 11.8 Å². The van der Waals surface area contributed by atoms with Crippen LogP contribution in [0.3, 0.4) is 0 Å². The zero-order valence-corrected chi connectivity index (χ0v) is 10.8. The Morgan fingerprint density at radius 2 is 1.88 bits per heavy atom. The number of hydrogen-bond acceptors (Lipinski definition) is 2. The third-order valence-electron chi connectivity index (χ3n) is 2.27. The first-order valence-corrected chi connectivity index (χ1v) is 6.25. The number of rotatable bonds is 6. The quantitative estimate of drug-likeness (QED) is 0.834. The summed E-state index contributed by atoms with van der Waals surface area (Å²) in [7, 11) is 1.64. The van der Waals surface area contributed by atoms with Crippen molar-refractivity contribution in [1.29, 1.82) is 0 Å². The standard InChI is InChI=1S/C14H17NOS/c1-11(9-10-14(16)15-3)17-12(2)13-7-5-4-6-8-13/h4-8H,1-2,9-10H2,3H3,(H,15,16). The van der Waals surface area contributed by atoms with Gasteiger partial charge in [0.15, 0.2) is 0 Å². The molecule has 0 aliphatic rings. The van der Waals surface area contributed by atoms with Gasteiger partial charge in [-0.3, -0.25) is 4.79 Å². The molecule has 0 fully saturated rings. The number of amides is 1. The van der Waals surface area contributed by atoms with Crippen LogP contribution in [0, 0.1) is 0 Å². The summed E-state index contributed by atoms with van der Waals surface area (Å²) in [4.78, 5) is 13.0. The van der Waals surface area contributed by atoms with Crippen LogP contribution in [-0.2, 0) is 4.79 Å². The molecule has 0 radical (unpaired) electrons. The summed E-state index contributed by atoms with van der Waals surface area (Å²) in [5, 5.41) is 2.59. The Morgan fingerprint density at radius 3 is 2.47 bits per heavy atom. The van der Waals surface area contributed by atoms with E-state index < -0.39 is 0 Å². The van der Waals surface area contributed by atoms with Crippen molar-refractivity contribution < 1.29 is 4.79 Å². The summed E-state index contributed by atoms with van der Waals surface area (Å²) >= 11 is 1.54. The lowest BCUT2D eigenvalue weighted by molar-refractivity contribution is -0.120. The average Bonchev–Trinajstić information content (AvgIpc) is 2.36. The molecule has 0 spiro atoms. The van der Waals surface area contributed by atoms with Crippen molar-refractivity contribution >= 4 is 22.6 Å². The lowest BCUT2D eigenvalue weighted by Crippen LogP contribution is -2.16. The lowest BCUT2D eigenvalue weighted by Gasteiger charge is -2.07. The first-order valence-electron chi connectivity index (χ1n) is 5.44. The van der Waals surface area contributed by atoms with Crippen molar-refractivity contribution in [2.75, 3.05) is 7.05 Å². The Morgan fingerprint density at radius 1 is 1.24 bits per heavy atom. The minimum atomic E-state index is 0.0390. The zero-order valence-electron chi connectivity index (χ0n) is 10.0. The van der Waals surface area contributed by atoms with Crippen molar-refractivity contribution in [2.45, 2.75) is 12.8 Å². The molecular formula is C14H17NOS. The van der Waals surface area contributed by atoms with Gasteiger partial charge in [-0.15, -0.1) is 0 Å². The fourth-order valence-corrected chi connectivity index (χ4v) is 2.09. The van der Waals surface area contributed by atoms with Gasteiger partial charge in [-0.1, -0.05) is 55.3 Å². The van der Waals surface area contributed by atoms with Gasteiger partial charge >= 0.3 is 0 Å². The predicted octanol–water partition coefficient (Wildman–Crippen LogP) is 3.43. The van der Waals surface area contributed by atoms with E-state index in [0.29, 0.717) is 12.8 Å². The highest BCUT2D eigenvalue weighted by Gasteiger charge is 2.04. The van der Waals surface area contributed by atoms with Gasteiger partial charge in [0.05, 0.1) is 0 Å². The highest BCUT2D eigenvalue weighted by molar-refractivity contribution is 8.11. The second-order valence-electron chi connectivity index (χ2n) is 3.60. The second kappa shape index (κ2) is 6.97. The van der Waals surface area contributed by atoms with Gasteiger partial charge in [-0.2, -0.15) is 0 Å². The van der Waals surface area contributed by atoms with E-state index in [4.69, 9.17) is 0 Å². The van der Waals surface area contributed by atoms with E-state index in [9.17, 15) is 4.79 Å². The molecule has 1 aromatic carbocycles. The maximum absolute atomic E-state index is 11.1. The van der Waals surface area contributed by atoms with Crippen molar-refractivity contribution in [3.05, 3.63) is 54.0 Å². The maximum atomic E-state index is 11.1. The first kappa shape index (κ1) is 13.6. The van der Waals surface area contributed by atoms with Crippen LogP contribution in [0.1, 0.15) is 18.4 Å². The second-order valence-corrected chi connectivity index (χ2v) is 4.88. The van der Waals surface area contributed by atoms with Gasteiger partial charge in [-0.25, -0.2) is 0 Å². The summed E-state index contributed by atoms with van der Waals surface area (Å²) in [6.07, 6.45) is 1.15. The van der Waals surface area contributed by atoms with Gasteiger partial charge in [-0.05, 0) is 16.9 Å². The Kier molecular flexibility index (Phi) is 5.57. The Bertz CT molecular complexity index is 411. The molecule has 2 nitrogen and oxygen atoms in total.